The highest BCUT2D eigenvalue weighted by Gasteiger charge is 2.23. The summed E-state index contributed by atoms with van der Waals surface area (Å²) in [5, 5.41) is 6.59. The number of benzene rings is 4. The SMILES string of the molecule is Cl.Cl.O.O=C(NNc1ccccc1NC(=O)c1cccc(Cl)c1)OCC1CCN(c2ccncc2)CC1.O=C(NNc1ccccc1NC(=O)c1cccc(Cl)c1)OCC1CCN(c2ccncc2)CC1. The van der Waals surface area contributed by atoms with Crippen molar-refractivity contribution in [1.29, 1.82) is 0 Å². The van der Waals surface area contributed by atoms with Crippen LogP contribution in [0.1, 0.15) is 46.4 Å². The van der Waals surface area contributed by atoms with Gasteiger partial charge in [0.15, 0.2) is 0 Å². The summed E-state index contributed by atoms with van der Waals surface area (Å²) < 4.78 is 10.8. The standard InChI is InChI=1S/2C25H26ClN5O3.2ClH.H2O/c2*26-20-5-3-4-19(16-20)24(32)28-22-6-1-2-7-23(22)29-30-25(33)34-17-18-10-14-31(15-11-18)21-8-12-27-13-9-21;;;/h2*1-9,12-13,16,18,29H,10-11,14-15,17H2,(H,28,32)(H,30,33);2*1H;1H2. The molecule has 0 unspecified atom stereocenters. The molecule has 71 heavy (non-hydrogen) atoms. The number of pyridine rings is 2. The van der Waals surface area contributed by atoms with Gasteiger partial charge in [-0.15, -0.1) is 24.8 Å². The summed E-state index contributed by atoms with van der Waals surface area (Å²) in [6.45, 7) is 4.36. The first-order valence-electron chi connectivity index (χ1n) is 22.2. The zero-order valence-electron chi connectivity index (χ0n) is 38.4. The molecule has 0 radical (unpaired) electrons. The molecule has 0 saturated carbocycles. The zero-order chi connectivity index (χ0) is 47.5. The number of nitrogens with zero attached hydrogens (tertiary/aromatic N) is 4. The number of rotatable bonds is 14. The fourth-order valence-electron chi connectivity index (χ4n) is 7.57. The van der Waals surface area contributed by atoms with Crippen molar-refractivity contribution in [2.45, 2.75) is 25.7 Å². The zero-order valence-corrected chi connectivity index (χ0v) is 41.5. The van der Waals surface area contributed by atoms with Crippen molar-refractivity contribution < 1.29 is 34.1 Å². The number of anilines is 6. The third-order valence-electron chi connectivity index (χ3n) is 11.3. The average molecular weight is 1050 g/mol. The molecule has 21 heteroatoms. The molecular formula is C50H56Cl4N10O7. The number of para-hydroxylation sites is 4. The van der Waals surface area contributed by atoms with Crippen LogP contribution in [-0.4, -0.2) is 78.8 Å². The Morgan fingerprint density at radius 3 is 1.21 bits per heavy atom. The third kappa shape index (κ3) is 17.7. The smallest absolute Gasteiger partial charge is 0.425 e. The highest BCUT2D eigenvalue weighted by atomic mass is 35.5. The summed E-state index contributed by atoms with van der Waals surface area (Å²) >= 11 is 11.9. The van der Waals surface area contributed by atoms with Crippen LogP contribution in [0.25, 0.3) is 0 Å². The van der Waals surface area contributed by atoms with E-state index in [4.69, 9.17) is 32.7 Å². The van der Waals surface area contributed by atoms with Crippen LogP contribution in [-0.2, 0) is 9.47 Å². The van der Waals surface area contributed by atoms with Crippen molar-refractivity contribution in [3.8, 4) is 0 Å². The van der Waals surface area contributed by atoms with Gasteiger partial charge in [0, 0.05) is 83.5 Å². The average Bonchev–Trinajstić information content (AvgIpc) is 3.38. The molecule has 6 aromatic rings. The van der Waals surface area contributed by atoms with Gasteiger partial charge in [0.1, 0.15) is 0 Å². The number of aromatic nitrogens is 2. The lowest BCUT2D eigenvalue weighted by molar-refractivity contribution is 0.101. The molecule has 8 rings (SSSR count). The van der Waals surface area contributed by atoms with Crippen LogP contribution in [0, 0.1) is 11.8 Å². The minimum Gasteiger partial charge on any atom is -0.448 e. The maximum Gasteiger partial charge on any atom is 0.425 e. The molecule has 4 amide bonds. The molecule has 4 heterocycles. The van der Waals surface area contributed by atoms with Crippen LogP contribution in [0.15, 0.2) is 146 Å². The lowest BCUT2D eigenvalue weighted by Gasteiger charge is -2.33. The number of carbonyl (C=O) groups is 4. The molecule has 17 nitrogen and oxygen atoms in total. The number of nitrogens with one attached hydrogen (secondary N) is 6. The van der Waals surface area contributed by atoms with Gasteiger partial charge in [-0.2, -0.15) is 0 Å². The summed E-state index contributed by atoms with van der Waals surface area (Å²) in [6.07, 6.45) is 9.81. The molecule has 2 aliphatic heterocycles. The Labute approximate surface area is 434 Å². The van der Waals surface area contributed by atoms with E-state index in [9.17, 15) is 19.2 Å². The van der Waals surface area contributed by atoms with E-state index in [1.54, 1.807) is 122 Å². The van der Waals surface area contributed by atoms with Crippen LogP contribution < -0.4 is 42.1 Å². The number of hydrogen-bond acceptors (Lipinski definition) is 12. The van der Waals surface area contributed by atoms with E-state index < -0.39 is 12.2 Å². The van der Waals surface area contributed by atoms with Crippen LogP contribution >= 0.6 is 48.0 Å². The van der Waals surface area contributed by atoms with Gasteiger partial charge in [-0.1, -0.05) is 59.6 Å². The van der Waals surface area contributed by atoms with E-state index in [2.05, 4.69) is 52.1 Å². The summed E-state index contributed by atoms with van der Waals surface area (Å²) in [7, 11) is 0. The fraction of sp³-hybridized carbons (Fsp3) is 0.240. The Kier molecular flexibility index (Phi) is 23.3. The minimum absolute atomic E-state index is 0. The van der Waals surface area contributed by atoms with Crippen molar-refractivity contribution in [3.05, 3.63) is 167 Å². The van der Waals surface area contributed by atoms with Gasteiger partial charge < -0.3 is 35.4 Å². The lowest BCUT2D eigenvalue weighted by atomic mass is 9.97. The highest BCUT2D eigenvalue weighted by molar-refractivity contribution is 6.31. The predicted octanol–water partition coefficient (Wildman–Crippen LogP) is 9.93. The summed E-state index contributed by atoms with van der Waals surface area (Å²) in [5.41, 5.74) is 16.0. The van der Waals surface area contributed by atoms with Gasteiger partial charge in [-0.25, -0.2) is 20.4 Å². The van der Waals surface area contributed by atoms with Crippen LogP contribution in [0.5, 0.6) is 0 Å². The molecule has 0 aliphatic carbocycles. The number of amides is 4. The molecule has 8 N–H and O–H groups in total. The molecule has 2 aliphatic rings. The molecule has 0 bridgehead atoms. The number of halogens is 4. The number of hydrogen-bond donors (Lipinski definition) is 6. The molecule has 2 fully saturated rings. The van der Waals surface area contributed by atoms with E-state index in [1.807, 2.05) is 24.3 Å². The second kappa shape index (κ2) is 29.2. The maximum atomic E-state index is 12.5. The Hall–Kier alpha value is -7.02. The monoisotopic (exact) mass is 1050 g/mol. The summed E-state index contributed by atoms with van der Waals surface area (Å²) in [4.78, 5) is 62.3. The fourth-order valence-corrected chi connectivity index (χ4v) is 7.95. The van der Waals surface area contributed by atoms with E-state index in [-0.39, 0.29) is 42.1 Å². The van der Waals surface area contributed by atoms with Crippen LogP contribution in [0.4, 0.5) is 43.7 Å². The number of carbonyl (C=O) groups excluding carboxylic acids is 4. The van der Waals surface area contributed by atoms with Gasteiger partial charge in [-0.3, -0.25) is 30.4 Å². The van der Waals surface area contributed by atoms with Crippen molar-refractivity contribution in [2.24, 2.45) is 11.8 Å². The summed E-state index contributed by atoms with van der Waals surface area (Å²) in [5.74, 6) is 0.0103. The Bertz CT molecular complexity index is 2430. The second-order valence-corrected chi connectivity index (χ2v) is 16.9. The predicted molar refractivity (Wildman–Crippen MR) is 284 cm³/mol. The summed E-state index contributed by atoms with van der Waals surface area (Å²) in [6, 6.07) is 35.5. The highest BCUT2D eigenvalue weighted by Crippen LogP contribution is 2.26. The van der Waals surface area contributed by atoms with E-state index in [0.717, 1.165) is 63.2 Å². The molecular weight excluding hydrogens is 994 g/mol. The van der Waals surface area contributed by atoms with E-state index >= 15 is 0 Å². The number of ether oxygens (including phenoxy) is 2. The molecule has 0 spiro atoms. The van der Waals surface area contributed by atoms with Gasteiger partial charge in [0.2, 0.25) is 0 Å². The Morgan fingerprint density at radius 2 is 0.859 bits per heavy atom. The molecule has 376 valence electrons. The third-order valence-corrected chi connectivity index (χ3v) is 11.8. The van der Waals surface area contributed by atoms with Gasteiger partial charge >= 0.3 is 12.2 Å². The van der Waals surface area contributed by atoms with Crippen molar-refractivity contribution in [1.82, 2.24) is 20.8 Å². The van der Waals surface area contributed by atoms with Gasteiger partial charge in [-0.05, 0) is 122 Å². The molecule has 2 saturated heterocycles. The van der Waals surface area contributed by atoms with Gasteiger partial charge in [0.05, 0.1) is 36.0 Å². The van der Waals surface area contributed by atoms with Crippen molar-refractivity contribution in [2.75, 3.05) is 70.7 Å². The lowest BCUT2D eigenvalue weighted by Crippen LogP contribution is -2.37. The number of hydrazine groups is 2. The van der Waals surface area contributed by atoms with E-state index in [0.29, 0.717) is 69.0 Å². The molecule has 4 aromatic carbocycles. The largest absolute Gasteiger partial charge is 0.448 e. The van der Waals surface area contributed by atoms with Crippen molar-refractivity contribution in [3.63, 3.8) is 0 Å². The quantitative estimate of drug-likeness (QED) is 0.0561. The Morgan fingerprint density at radius 1 is 0.507 bits per heavy atom. The van der Waals surface area contributed by atoms with Crippen LogP contribution in [0.2, 0.25) is 10.0 Å². The normalized spacial score (nSPS) is 13.2. The van der Waals surface area contributed by atoms with E-state index in [1.165, 1.54) is 0 Å². The number of piperidine rings is 2. The molecule has 2 aromatic heterocycles. The van der Waals surface area contributed by atoms with Gasteiger partial charge in [0.25, 0.3) is 11.8 Å². The first kappa shape index (κ1) is 56.6. The van der Waals surface area contributed by atoms with Crippen LogP contribution in [0.3, 0.4) is 0 Å². The Balaban J connectivity index is 0.000000296. The first-order chi connectivity index (χ1) is 33.2. The minimum atomic E-state index is -0.576. The maximum absolute atomic E-state index is 12.5. The molecule has 0 atom stereocenters. The topological polar surface area (TPSA) is 223 Å². The second-order valence-electron chi connectivity index (χ2n) is 16.0. The first-order valence-corrected chi connectivity index (χ1v) is 22.9. The van der Waals surface area contributed by atoms with Crippen molar-refractivity contribution >= 4 is 106 Å².